The van der Waals surface area contributed by atoms with Crippen molar-refractivity contribution < 1.29 is 14.9 Å². The molecule has 0 bridgehead atoms. The highest BCUT2D eigenvalue weighted by molar-refractivity contribution is 4.94. The summed E-state index contributed by atoms with van der Waals surface area (Å²) in [6, 6.07) is 0.483. The van der Waals surface area contributed by atoms with Gasteiger partial charge in [-0.15, -0.1) is 0 Å². The van der Waals surface area contributed by atoms with Crippen molar-refractivity contribution in [2.45, 2.75) is 69.1 Å². The van der Waals surface area contributed by atoms with Crippen LogP contribution in [0.25, 0.3) is 0 Å². The van der Waals surface area contributed by atoms with Gasteiger partial charge in [-0.3, -0.25) is 4.90 Å². The van der Waals surface area contributed by atoms with Gasteiger partial charge in [0.05, 0.1) is 11.7 Å². The van der Waals surface area contributed by atoms with E-state index in [-0.39, 0.29) is 6.10 Å². The smallest absolute Gasteiger partial charge is 0.0818 e. The Morgan fingerprint density at radius 1 is 1.05 bits per heavy atom. The third-order valence-corrected chi connectivity index (χ3v) is 5.61. The third-order valence-electron chi connectivity index (χ3n) is 5.61. The molecule has 0 amide bonds. The van der Waals surface area contributed by atoms with Crippen LogP contribution in [0.3, 0.4) is 0 Å². The fourth-order valence-corrected chi connectivity index (χ4v) is 4.41. The summed E-state index contributed by atoms with van der Waals surface area (Å²) in [5.41, 5.74) is -0.569. The second-order valence-electron chi connectivity index (χ2n) is 7.03. The quantitative estimate of drug-likeness (QED) is 0.825. The Morgan fingerprint density at radius 2 is 1.80 bits per heavy atom. The van der Waals surface area contributed by atoms with Gasteiger partial charge in [0, 0.05) is 44.6 Å². The minimum absolute atomic E-state index is 0.126. The molecule has 0 radical (unpaired) electrons. The van der Waals surface area contributed by atoms with E-state index in [1.807, 2.05) is 0 Å². The Labute approximate surface area is 122 Å². The van der Waals surface area contributed by atoms with Gasteiger partial charge in [-0.25, -0.2) is 0 Å². The Kier molecular flexibility index (Phi) is 4.65. The van der Waals surface area contributed by atoms with Crippen molar-refractivity contribution in [2.75, 3.05) is 26.3 Å². The number of ether oxygens (including phenoxy) is 1. The predicted octanol–water partition coefficient (Wildman–Crippen LogP) is 1.54. The Hall–Kier alpha value is -0.160. The zero-order valence-corrected chi connectivity index (χ0v) is 12.5. The van der Waals surface area contributed by atoms with E-state index in [4.69, 9.17) is 4.74 Å². The molecule has 20 heavy (non-hydrogen) atoms. The van der Waals surface area contributed by atoms with Gasteiger partial charge in [-0.2, -0.15) is 0 Å². The highest BCUT2D eigenvalue weighted by atomic mass is 16.5. The van der Waals surface area contributed by atoms with Crippen LogP contribution in [0.5, 0.6) is 0 Å². The normalized spacial score (nSPS) is 39.0. The molecule has 116 valence electrons. The molecule has 0 spiro atoms. The molecule has 1 aliphatic carbocycles. The summed E-state index contributed by atoms with van der Waals surface area (Å²) in [4.78, 5) is 2.46. The zero-order valence-electron chi connectivity index (χ0n) is 12.5. The van der Waals surface area contributed by atoms with E-state index in [1.165, 1.54) is 25.7 Å². The van der Waals surface area contributed by atoms with Gasteiger partial charge in [0.15, 0.2) is 0 Å². The molecule has 3 aliphatic rings. The minimum Gasteiger partial charge on any atom is -0.393 e. The maximum atomic E-state index is 10.7. The maximum absolute atomic E-state index is 10.7. The van der Waals surface area contributed by atoms with Gasteiger partial charge < -0.3 is 14.9 Å². The second kappa shape index (κ2) is 6.30. The standard InChI is InChI=1S/C16H29NO3/c18-15-6-2-1-4-13(15)14-5-3-9-17(14)12-16(19)7-10-20-11-8-16/h13-15,18-19H,1-12H2/t13-,14-,15+/m0/s1. The first-order valence-corrected chi connectivity index (χ1v) is 8.40. The van der Waals surface area contributed by atoms with Crippen molar-refractivity contribution in [3.8, 4) is 0 Å². The molecule has 1 saturated carbocycles. The molecule has 2 N–H and O–H groups in total. The molecule has 4 nitrogen and oxygen atoms in total. The van der Waals surface area contributed by atoms with Crippen LogP contribution in [0.15, 0.2) is 0 Å². The van der Waals surface area contributed by atoms with Crippen LogP contribution in [0.4, 0.5) is 0 Å². The summed E-state index contributed by atoms with van der Waals surface area (Å²) in [5, 5.41) is 21.0. The van der Waals surface area contributed by atoms with Gasteiger partial charge in [0.1, 0.15) is 0 Å². The number of aliphatic hydroxyl groups is 2. The average Bonchev–Trinajstić information content (AvgIpc) is 2.87. The monoisotopic (exact) mass is 283 g/mol. The highest BCUT2D eigenvalue weighted by Crippen LogP contribution is 2.36. The van der Waals surface area contributed by atoms with Crippen molar-refractivity contribution in [1.29, 1.82) is 0 Å². The first-order valence-electron chi connectivity index (χ1n) is 8.40. The first kappa shape index (κ1) is 14.8. The minimum atomic E-state index is -0.569. The Morgan fingerprint density at radius 3 is 2.55 bits per heavy atom. The summed E-state index contributed by atoms with van der Waals surface area (Å²) < 4.78 is 5.37. The van der Waals surface area contributed by atoms with Crippen LogP contribution in [0.2, 0.25) is 0 Å². The molecule has 3 rings (SSSR count). The van der Waals surface area contributed by atoms with Crippen molar-refractivity contribution >= 4 is 0 Å². The fraction of sp³-hybridized carbons (Fsp3) is 1.00. The largest absolute Gasteiger partial charge is 0.393 e. The number of rotatable bonds is 3. The van der Waals surface area contributed by atoms with Crippen LogP contribution in [-0.4, -0.2) is 59.2 Å². The fourth-order valence-electron chi connectivity index (χ4n) is 4.41. The number of hydrogen-bond donors (Lipinski definition) is 2. The summed E-state index contributed by atoms with van der Waals surface area (Å²) in [6.07, 6.45) is 8.33. The van der Waals surface area contributed by atoms with Gasteiger partial charge in [-0.1, -0.05) is 12.8 Å². The van der Waals surface area contributed by atoms with Crippen molar-refractivity contribution in [2.24, 2.45) is 5.92 Å². The van der Waals surface area contributed by atoms with Gasteiger partial charge >= 0.3 is 0 Å². The first-order chi connectivity index (χ1) is 9.68. The van der Waals surface area contributed by atoms with Crippen LogP contribution in [-0.2, 0) is 4.74 Å². The van der Waals surface area contributed by atoms with Crippen LogP contribution < -0.4 is 0 Å². The number of hydrogen-bond acceptors (Lipinski definition) is 4. The summed E-state index contributed by atoms with van der Waals surface area (Å²) in [5.74, 6) is 0.426. The summed E-state index contributed by atoms with van der Waals surface area (Å²) >= 11 is 0. The maximum Gasteiger partial charge on any atom is 0.0818 e. The summed E-state index contributed by atoms with van der Waals surface area (Å²) in [6.45, 7) is 3.21. The molecule has 2 aliphatic heterocycles. The van der Waals surface area contributed by atoms with Gasteiger partial charge in [-0.05, 0) is 32.2 Å². The molecular weight excluding hydrogens is 254 g/mol. The van der Waals surface area contributed by atoms with Crippen LogP contribution >= 0.6 is 0 Å². The van der Waals surface area contributed by atoms with E-state index in [0.29, 0.717) is 25.2 Å². The lowest BCUT2D eigenvalue weighted by Crippen LogP contribution is -2.51. The lowest BCUT2D eigenvalue weighted by molar-refractivity contribution is -0.0885. The average molecular weight is 283 g/mol. The molecule has 2 saturated heterocycles. The molecular formula is C16H29NO3. The van der Waals surface area contributed by atoms with E-state index >= 15 is 0 Å². The number of nitrogens with zero attached hydrogens (tertiary/aromatic N) is 1. The number of aliphatic hydroxyl groups excluding tert-OH is 1. The molecule has 0 aromatic carbocycles. The molecule has 0 aromatic heterocycles. The van der Waals surface area contributed by atoms with Crippen LogP contribution in [0, 0.1) is 5.92 Å². The van der Waals surface area contributed by atoms with E-state index < -0.39 is 5.60 Å². The topological polar surface area (TPSA) is 52.9 Å². The molecule has 2 heterocycles. The highest BCUT2D eigenvalue weighted by Gasteiger charge is 2.40. The molecule has 3 fully saturated rings. The molecule has 0 aromatic rings. The Balaban J connectivity index is 1.62. The third kappa shape index (κ3) is 3.19. The Bertz CT molecular complexity index is 317. The van der Waals surface area contributed by atoms with E-state index in [2.05, 4.69) is 4.90 Å². The van der Waals surface area contributed by atoms with Crippen LogP contribution in [0.1, 0.15) is 51.4 Å². The SMILES string of the molecule is O[C@@H]1CCCC[C@H]1[C@@H]1CCCN1CC1(O)CCOCC1. The number of likely N-dealkylation sites (tertiary alicyclic amines) is 1. The zero-order chi connectivity index (χ0) is 14.0. The molecule has 4 heteroatoms. The van der Waals surface area contributed by atoms with Crippen molar-refractivity contribution in [3.63, 3.8) is 0 Å². The van der Waals surface area contributed by atoms with Crippen molar-refractivity contribution in [3.05, 3.63) is 0 Å². The van der Waals surface area contributed by atoms with E-state index in [1.54, 1.807) is 0 Å². The predicted molar refractivity (Wildman–Crippen MR) is 77.6 cm³/mol. The van der Waals surface area contributed by atoms with E-state index in [9.17, 15) is 10.2 Å². The molecule has 0 unspecified atom stereocenters. The number of β-amino-alcohol motifs (C(OH)–C–C–N with tert-alkyl or cyclic N) is 1. The lowest BCUT2D eigenvalue weighted by Gasteiger charge is -2.41. The second-order valence-corrected chi connectivity index (χ2v) is 7.03. The lowest BCUT2D eigenvalue weighted by atomic mass is 9.80. The van der Waals surface area contributed by atoms with E-state index in [0.717, 1.165) is 38.8 Å². The molecule has 3 atom stereocenters. The van der Waals surface area contributed by atoms with Gasteiger partial charge in [0.2, 0.25) is 0 Å². The van der Waals surface area contributed by atoms with Gasteiger partial charge in [0.25, 0.3) is 0 Å². The van der Waals surface area contributed by atoms with Crippen molar-refractivity contribution in [1.82, 2.24) is 4.90 Å². The summed E-state index contributed by atoms with van der Waals surface area (Å²) in [7, 11) is 0.